The van der Waals surface area contributed by atoms with Crippen molar-refractivity contribution < 1.29 is 23.8 Å². The number of aliphatic hydroxyl groups excluding tert-OH is 1. The van der Waals surface area contributed by atoms with Crippen molar-refractivity contribution in [1.29, 1.82) is 0 Å². The molecule has 2 rings (SSSR count). The monoisotopic (exact) mass is 292 g/mol. The highest BCUT2D eigenvalue weighted by Crippen LogP contribution is 2.18. The normalized spacial score (nSPS) is 10.4. The maximum absolute atomic E-state index is 11.0. The van der Waals surface area contributed by atoms with Gasteiger partial charge in [0.2, 0.25) is 11.2 Å². The number of hydrogen-bond acceptors (Lipinski definition) is 5. The van der Waals surface area contributed by atoms with Crippen LogP contribution in [-0.4, -0.2) is 23.4 Å². The third kappa shape index (κ3) is 3.57. The molecule has 1 heterocycles. The number of carbonyl (C=O) groups excluding carboxylic acids is 1. The van der Waals surface area contributed by atoms with E-state index in [-0.39, 0.29) is 18.4 Å². The Labute approximate surface area is 122 Å². The Hall–Kier alpha value is -2.41. The minimum absolute atomic E-state index is 0.171. The van der Waals surface area contributed by atoms with Gasteiger partial charge in [0, 0.05) is 18.9 Å². The second-order valence-electron chi connectivity index (χ2n) is 4.47. The van der Waals surface area contributed by atoms with Gasteiger partial charge in [0.05, 0.1) is 7.11 Å². The number of hydrogen-bond donors (Lipinski definition) is 2. The van der Waals surface area contributed by atoms with Crippen LogP contribution in [0.15, 0.2) is 28.8 Å². The molecule has 0 aliphatic rings. The summed E-state index contributed by atoms with van der Waals surface area (Å²) < 4.78 is 11.8. The van der Waals surface area contributed by atoms with E-state index in [0.29, 0.717) is 18.7 Å². The number of anilines is 1. The Morgan fingerprint density at radius 3 is 2.90 bits per heavy atom. The van der Waals surface area contributed by atoms with Crippen LogP contribution in [0, 0.1) is 0 Å². The van der Waals surface area contributed by atoms with Gasteiger partial charge in [-0.1, -0.05) is 18.2 Å². The average molecular weight is 292 g/mol. The molecule has 0 atom stereocenters. The number of ether oxygens (including phenoxy) is 1. The van der Waals surface area contributed by atoms with Gasteiger partial charge in [0.15, 0.2) is 6.54 Å². The van der Waals surface area contributed by atoms with E-state index in [4.69, 9.17) is 9.26 Å². The van der Waals surface area contributed by atoms with Crippen molar-refractivity contribution in [3.05, 3.63) is 35.5 Å². The van der Waals surface area contributed by atoms with E-state index in [1.165, 1.54) is 11.6 Å². The molecule has 0 radical (unpaired) electrons. The summed E-state index contributed by atoms with van der Waals surface area (Å²) in [5.74, 6) is 0.692. The Bertz CT molecular complexity index is 624. The third-order valence-electron chi connectivity index (χ3n) is 3.03. The zero-order chi connectivity index (χ0) is 15.2. The minimum atomic E-state index is -0.280. The van der Waals surface area contributed by atoms with E-state index in [1.54, 1.807) is 7.11 Å². The molecule has 7 heteroatoms. The first-order chi connectivity index (χ1) is 10.2. The van der Waals surface area contributed by atoms with E-state index in [1.807, 2.05) is 24.3 Å². The van der Waals surface area contributed by atoms with Gasteiger partial charge in [-0.05, 0) is 10.7 Å². The van der Waals surface area contributed by atoms with Gasteiger partial charge in [0.25, 0.3) is 5.69 Å². The van der Waals surface area contributed by atoms with Crippen LogP contribution < -0.4 is 14.7 Å². The standard InChI is InChI=1S/C14H17N3O4/c1-10(19)15-14-12(9-18)17(16-21-14)8-7-11-5-3-4-6-13(11)20-2/h3-6,18H,7-9H2,1-2H3/p+1. The molecule has 7 nitrogen and oxygen atoms in total. The van der Waals surface area contributed by atoms with Crippen LogP contribution >= 0.6 is 0 Å². The summed E-state index contributed by atoms with van der Waals surface area (Å²) in [5.41, 5.74) is 1.46. The summed E-state index contributed by atoms with van der Waals surface area (Å²) >= 11 is 0. The molecule has 0 saturated carbocycles. The average Bonchev–Trinajstić information content (AvgIpc) is 2.86. The van der Waals surface area contributed by atoms with E-state index in [0.717, 1.165) is 11.3 Å². The number of aromatic nitrogens is 2. The molecule has 1 amide bonds. The van der Waals surface area contributed by atoms with Crippen molar-refractivity contribution in [2.24, 2.45) is 0 Å². The first kappa shape index (κ1) is 15.0. The Morgan fingerprint density at radius 1 is 1.48 bits per heavy atom. The number of aliphatic hydroxyl groups is 1. The second kappa shape index (κ2) is 6.85. The molecule has 0 fully saturated rings. The molecule has 0 spiro atoms. The summed E-state index contributed by atoms with van der Waals surface area (Å²) in [6.45, 7) is 1.59. The van der Waals surface area contributed by atoms with Crippen molar-refractivity contribution >= 4 is 11.8 Å². The van der Waals surface area contributed by atoms with Crippen LogP contribution in [-0.2, 0) is 24.4 Å². The zero-order valence-corrected chi connectivity index (χ0v) is 12.0. The number of methoxy groups -OCH3 is 1. The second-order valence-corrected chi connectivity index (χ2v) is 4.47. The lowest BCUT2D eigenvalue weighted by molar-refractivity contribution is -0.769. The summed E-state index contributed by atoms with van der Waals surface area (Å²) in [6.07, 6.45) is 0.660. The predicted molar refractivity (Wildman–Crippen MR) is 73.6 cm³/mol. The number of rotatable bonds is 6. The number of nitrogens with one attached hydrogen (secondary N) is 1. The quantitative estimate of drug-likeness (QED) is 0.764. The van der Waals surface area contributed by atoms with Gasteiger partial charge in [-0.15, -0.1) is 0 Å². The van der Waals surface area contributed by atoms with Crippen LogP contribution in [0.3, 0.4) is 0 Å². The number of amides is 1. The molecule has 2 aromatic rings. The van der Waals surface area contributed by atoms with Crippen LogP contribution in [0.4, 0.5) is 5.88 Å². The lowest BCUT2D eigenvalue weighted by Crippen LogP contribution is -2.40. The first-order valence-corrected chi connectivity index (χ1v) is 6.54. The smallest absolute Gasteiger partial charge is 0.308 e. The highest BCUT2D eigenvalue weighted by Gasteiger charge is 2.24. The molecular formula is C14H18N3O4+. The topological polar surface area (TPSA) is 88.5 Å². The van der Waals surface area contributed by atoms with Crippen LogP contribution in [0.5, 0.6) is 5.75 Å². The van der Waals surface area contributed by atoms with Gasteiger partial charge in [-0.3, -0.25) is 14.6 Å². The Morgan fingerprint density at radius 2 is 2.24 bits per heavy atom. The first-order valence-electron chi connectivity index (χ1n) is 6.54. The maximum Gasteiger partial charge on any atom is 0.308 e. The number of aryl methyl sites for hydroxylation is 2. The van der Waals surface area contributed by atoms with Crippen molar-refractivity contribution in [1.82, 2.24) is 5.27 Å². The molecule has 0 saturated heterocycles. The van der Waals surface area contributed by atoms with Crippen LogP contribution in [0.25, 0.3) is 0 Å². The van der Waals surface area contributed by atoms with Gasteiger partial charge in [-0.2, -0.15) is 0 Å². The number of carbonyl (C=O) groups is 1. The van der Waals surface area contributed by atoms with Gasteiger partial charge < -0.3 is 9.84 Å². The van der Waals surface area contributed by atoms with E-state index < -0.39 is 0 Å². The fourth-order valence-corrected chi connectivity index (χ4v) is 2.03. The third-order valence-corrected chi connectivity index (χ3v) is 3.03. The molecular weight excluding hydrogens is 274 g/mol. The molecule has 0 aliphatic carbocycles. The molecule has 0 aliphatic heterocycles. The largest absolute Gasteiger partial charge is 0.496 e. The predicted octanol–water partition coefficient (Wildman–Crippen LogP) is 0.664. The SMILES string of the molecule is COc1ccccc1CC[n+]1noc(NC(C)=O)c1CO. The maximum atomic E-state index is 11.0. The summed E-state index contributed by atoms with van der Waals surface area (Å²) in [4.78, 5) is 11.0. The molecule has 0 unspecified atom stereocenters. The summed E-state index contributed by atoms with van der Waals surface area (Å²) in [6, 6.07) is 7.69. The highest BCUT2D eigenvalue weighted by molar-refractivity contribution is 5.87. The van der Waals surface area contributed by atoms with E-state index in [9.17, 15) is 9.90 Å². The fourth-order valence-electron chi connectivity index (χ4n) is 2.03. The van der Waals surface area contributed by atoms with Crippen molar-refractivity contribution in [2.75, 3.05) is 12.4 Å². The van der Waals surface area contributed by atoms with Crippen LogP contribution in [0.1, 0.15) is 18.2 Å². The Balaban J connectivity index is 2.13. The lowest BCUT2D eigenvalue weighted by atomic mass is 10.1. The van der Waals surface area contributed by atoms with Gasteiger partial charge in [0.1, 0.15) is 12.4 Å². The Kier molecular flexibility index (Phi) is 4.89. The fraction of sp³-hybridized carbons (Fsp3) is 0.357. The molecule has 2 N–H and O–H groups in total. The van der Waals surface area contributed by atoms with Crippen molar-refractivity contribution in [2.45, 2.75) is 26.5 Å². The lowest BCUT2D eigenvalue weighted by Gasteiger charge is -2.05. The molecule has 112 valence electrons. The molecule has 0 bridgehead atoms. The van der Waals surface area contributed by atoms with E-state index in [2.05, 4.69) is 10.6 Å². The molecule has 1 aromatic carbocycles. The summed E-state index contributed by atoms with van der Waals surface area (Å²) in [7, 11) is 1.62. The highest BCUT2D eigenvalue weighted by atomic mass is 16.5. The number of benzene rings is 1. The molecule has 21 heavy (non-hydrogen) atoms. The molecule has 1 aromatic heterocycles. The van der Waals surface area contributed by atoms with Gasteiger partial charge in [-0.25, -0.2) is 0 Å². The van der Waals surface area contributed by atoms with E-state index >= 15 is 0 Å². The number of para-hydroxylation sites is 1. The minimum Gasteiger partial charge on any atom is -0.496 e. The summed E-state index contributed by atoms with van der Waals surface area (Å²) in [5, 5.41) is 15.7. The van der Waals surface area contributed by atoms with Crippen molar-refractivity contribution in [3.8, 4) is 5.75 Å². The zero-order valence-electron chi connectivity index (χ0n) is 12.0. The van der Waals surface area contributed by atoms with Crippen LogP contribution in [0.2, 0.25) is 0 Å². The van der Waals surface area contributed by atoms with Crippen molar-refractivity contribution in [3.63, 3.8) is 0 Å². The van der Waals surface area contributed by atoms with Gasteiger partial charge >= 0.3 is 5.88 Å². The number of nitrogens with zero attached hydrogens (tertiary/aromatic N) is 2.